The van der Waals surface area contributed by atoms with Crippen molar-refractivity contribution in [3.8, 4) is 0 Å². The van der Waals surface area contributed by atoms with Gasteiger partial charge in [-0.25, -0.2) is 26.6 Å². The number of aliphatic imine (C=N–C) groups is 1. The van der Waals surface area contributed by atoms with Gasteiger partial charge in [0.25, 0.3) is 10.0 Å². The molecule has 196 valence electrons. The standard InChI is InChI=1S/C23H24ClN5O6S2/c24-17-9-7-15(8-10-17)14-36(32,33)29-21(13-22(30)31)16-3-1-5-19(11-16)28-37(34,35)20-6-2-4-18(12-20)27-23(25)26/h1-12,21,28-29H,13-14H2,(H,30,31)(H4,25,26,27). The van der Waals surface area contributed by atoms with Crippen molar-refractivity contribution < 1.29 is 26.7 Å². The molecule has 0 fully saturated rings. The Labute approximate surface area is 219 Å². The van der Waals surface area contributed by atoms with E-state index in [1.54, 1.807) is 24.3 Å². The summed E-state index contributed by atoms with van der Waals surface area (Å²) in [5.41, 5.74) is 11.7. The van der Waals surface area contributed by atoms with E-state index in [-0.39, 0.29) is 27.8 Å². The van der Waals surface area contributed by atoms with Gasteiger partial charge in [0.2, 0.25) is 10.0 Å². The summed E-state index contributed by atoms with van der Waals surface area (Å²) in [6.45, 7) is 0. The Hall–Kier alpha value is -3.65. The lowest BCUT2D eigenvalue weighted by Crippen LogP contribution is -2.31. The highest BCUT2D eigenvalue weighted by atomic mass is 35.5. The van der Waals surface area contributed by atoms with E-state index in [9.17, 15) is 26.7 Å². The van der Waals surface area contributed by atoms with Gasteiger partial charge in [-0.3, -0.25) is 9.52 Å². The van der Waals surface area contributed by atoms with Crippen LogP contribution in [-0.2, 0) is 30.6 Å². The Morgan fingerprint density at radius 1 is 0.973 bits per heavy atom. The summed E-state index contributed by atoms with van der Waals surface area (Å²) in [6.07, 6.45) is -0.573. The lowest BCUT2D eigenvalue weighted by molar-refractivity contribution is -0.137. The number of benzene rings is 3. The fraction of sp³-hybridized carbons (Fsp3) is 0.130. The Bertz CT molecular complexity index is 1520. The first-order chi connectivity index (χ1) is 17.3. The van der Waals surface area contributed by atoms with E-state index in [0.717, 1.165) is 0 Å². The molecular formula is C23H24ClN5O6S2. The SMILES string of the molecule is NC(N)=Nc1cccc(S(=O)(=O)Nc2cccc(C(CC(=O)O)NS(=O)(=O)Cc3ccc(Cl)cc3)c2)c1. The molecule has 0 bridgehead atoms. The van der Waals surface area contributed by atoms with Crippen molar-refractivity contribution in [3.05, 3.63) is 88.9 Å². The van der Waals surface area contributed by atoms with Crippen molar-refractivity contribution in [1.82, 2.24) is 4.72 Å². The summed E-state index contributed by atoms with van der Waals surface area (Å²) >= 11 is 5.84. The van der Waals surface area contributed by atoms with Gasteiger partial charge in [0.15, 0.2) is 5.96 Å². The van der Waals surface area contributed by atoms with Crippen LogP contribution in [0.15, 0.2) is 82.7 Å². The van der Waals surface area contributed by atoms with Crippen LogP contribution in [0, 0.1) is 0 Å². The summed E-state index contributed by atoms with van der Waals surface area (Å²) in [6, 6.07) is 16.4. The first kappa shape index (κ1) is 27.9. The van der Waals surface area contributed by atoms with Crippen LogP contribution in [0.1, 0.15) is 23.6 Å². The van der Waals surface area contributed by atoms with Crippen LogP contribution < -0.4 is 20.9 Å². The number of sulfonamides is 2. The number of carboxylic acid groups (broad SMARTS) is 1. The van der Waals surface area contributed by atoms with Crippen LogP contribution in [0.25, 0.3) is 0 Å². The minimum absolute atomic E-state index is 0.0945. The molecule has 37 heavy (non-hydrogen) atoms. The van der Waals surface area contributed by atoms with E-state index in [1.165, 1.54) is 48.5 Å². The molecule has 14 heteroatoms. The van der Waals surface area contributed by atoms with Crippen LogP contribution in [0.3, 0.4) is 0 Å². The van der Waals surface area contributed by atoms with Crippen molar-refractivity contribution in [2.45, 2.75) is 23.1 Å². The van der Waals surface area contributed by atoms with Gasteiger partial charge >= 0.3 is 5.97 Å². The van der Waals surface area contributed by atoms with Crippen molar-refractivity contribution in [2.75, 3.05) is 4.72 Å². The molecule has 0 spiro atoms. The maximum atomic E-state index is 12.9. The molecule has 1 unspecified atom stereocenters. The number of aliphatic carboxylic acids is 1. The molecule has 0 heterocycles. The largest absolute Gasteiger partial charge is 0.481 e. The van der Waals surface area contributed by atoms with E-state index >= 15 is 0 Å². The number of anilines is 1. The number of hydrogen-bond donors (Lipinski definition) is 5. The predicted molar refractivity (Wildman–Crippen MR) is 141 cm³/mol. The van der Waals surface area contributed by atoms with Gasteiger partial charge < -0.3 is 16.6 Å². The number of carbonyl (C=O) groups is 1. The third kappa shape index (κ3) is 8.46. The van der Waals surface area contributed by atoms with E-state index < -0.39 is 44.2 Å². The molecule has 11 nitrogen and oxygen atoms in total. The van der Waals surface area contributed by atoms with Gasteiger partial charge in [0.05, 0.1) is 28.8 Å². The predicted octanol–water partition coefficient (Wildman–Crippen LogP) is 2.68. The Morgan fingerprint density at radius 2 is 1.65 bits per heavy atom. The monoisotopic (exact) mass is 565 g/mol. The summed E-state index contributed by atoms with van der Waals surface area (Å²) < 4.78 is 56.2. The van der Waals surface area contributed by atoms with Gasteiger partial charge in [-0.1, -0.05) is 41.9 Å². The highest BCUT2D eigenvalue weighted by Gasteiger charge is 2.23. The maximum Gasteiger partial charge on any atom is 0.305 e. The minimum Gasteiger partial charge on any atom is -0.481 e. The zero-order valence-electron chi connectivity index (χ0n) is 19.2. The lowest BCUT2D eigenvalue weighted by Gasteiger charge is -2.19. The molecule has 1 atom stereocenters. The average molecular weight is 566 g/mol. The van der Waals surface area contributed by atoms with Crippen LogP contribution in [0.5, 0.6) is 0 Å². The molecule has 7 N–H and O–H groups in total. The van der Waals surface area contributed by atoms with Gasteiger partial charge in [0.1, 0.15) is 0 Å². The van der Waals surface area contributed by atoms with Crippen LogP contribution in [0.4, 0.5) is 11.4 Å². The second-order valence-electron chi connectivity index (χ2n) is 7.92. The Balaban J connectivity index is 1.85. The number of nitrogens with one attached hydrogen (secondary N) is 2. The maximum absolute atomic E-state index is 12.9. The molecule has 0 aliphatic carbocycles. The number of nitrogens with two attached hydrogens (primary N) is 2. The molecule has 0 aliphatic rings. The molecule has 0 saturated heterocycles. The fourth-order valence-corrected chi connectivity index (χ4v) is 5.95. The van der Waals surface area contributed by atoms with E-state index in [1.807, 2.05) is 0 Å². The van der Waals surface area contributed by atoms with Crippen molar-refractivity contribution in [1.29, 1.82) is 0 Å². The number of nitrogens with zero attached hydrogens (tertiary/aromatic N) is 1. The van der Waals surface area contributed by atoms with Gasteiger partial charge in [-0.05, 0) is 53.6 Å². The number of halogens is 1. The summed E-state index contributed by atoms with van der Waals surface area (Å²) in [7, 11) is -8.06. The minimum atomic E-state index is -4.08. The van der Waals surface area contributed by atoms with Crippen LogP contribution in [0.2, 0.25) is 5.02 Å². The van der Waals surface area contributed by atoms with Crippen molar-refractivity contribution in [3.63, 3.8) is 0 Å². The summed E-state index contributed by atoms with van der Waals surface area (Å²) in [5.74, 6) is -1.89. The zero-order valence-corrected chi connectivity index (χ0v) is 21.6. The van der Waals surface area contributed by atoms with Gasteiger partial charge in [-0.2, -0.15) is 0 Å². The molecule has 0 aromatic heterocycles. The van der Waals surface area contributed by atoms with E-state index in [4.69, 9.17) is 23.1 Å². The van der Waals surface area contributed by atoms with Crippen molar-refractivity contribution >= 4 is 55.0 Å². The molecule has 3 rings (SSSR count). The molecule has 3 aromatic rings. The highest BCUT2D eigenvalue weighted by Crippen LogP contribution is 2.25. The van der Waals surface area contributed by atoms with Crippen molar-refractivity contribution in [2.24, 2.45) is 16.5 Å². The van der Waals surface area contributed by atoms with Crippen LogP contribution >= 0.6 is 11.6 Å². The van der Waals surface area contributed by atoms with E-state index in [2.05, 4.69) is 14.4 Å². The normalized spacial score (nSPS) is 12.5. The number of guanidine groups is 1. The second-order valence-corrected chi connectivity index (χ2v) is 11.8. The Kier molecular flexibility index (Phi) is 8.76. The lowest BCUT2D eigenvalue weighted by atomic mass is 10.0. The van der Waals surface area contributed by atoms with Crippen LogP contribution in [-0.4, -0.2) is 33.9 Å². The van der Waals surface area contributed by atoms with Gasteiger partial charge in [0, 0.05) is 10.7 Å². The molecule has 0 aliphatic heterocycles. The molecule has 0 amide bonds. The number of rotatable bonds is 11. The smallest absolute Gasteiger partial charge is 0.305 e. The van der Waals surface area contributed by atoms with Gasteiger partial charge in [-0.15, -0.1) is 0 Å². The first-order valence-electron chi connectivity index (χ1n) is 10.6. The third-order valence-corrected chi connectivity index (χ3v) is 7.89. The zero-order chi connectivity index (χ0) is 27.2. The molecular weight excluding hydrogens is 542 g/mol. The first-order valence-corrected chi connectivity index (χ1v) is 14.1. The summed E-state index contributed by atoms with van der Waals surface area (Å²) in [4.78, 5) is 15.2. The Morgan fingerprint density at radius 3 is 2.30 bits per heavy atom. The number of carboxylic acids is 1. The fourth-order valence-electron chi connectivity index (χ4n) is 3.36. The molecule has 0 radical (unpaired) electrons. The third-order valence-electron chi connectivity index (χ3n) is 4.90. The highest BCUT2D eigenvalue weighted by molar-refractivity contribution is 7.92. The summed E-state index contributed by atoms with van der Waals surface area (Å²) in [5, 5.41) is 9.81. The molecule has 0 saturated carbocycles. The average Bonchev–Trinajstić information content (AvgIpc) is 2.79. The topological polar surface area (TPSA) is 194 Å². The second kappa shape index (κ2) is 11.6. The molecule has 3 aromatic carbocycles. The number of hydrogen-bond acceptors (Lipinski definition) is 6. The van der Waals surface area contributed by atoms with E-state index in [0.29, 0.717) is 10.6 Å². The quantitative estimate of drug-likeness (QED) is 0.173.